The Kier molecular flexibility index (Phi) is 4.95. The molecule has 1 aliphatic rings. The smallest absolute Gasteiger partial charge is 0.316 e. The number of benzene rings is 2. The molecule has 130 valence electrons. The number of nitrogens with zero attached hydrogens (tertiary/aromatic N) is 1. The molecular formula is C19H18ClNO4. The molecule has 6 heteroatoms. The molecule has 0 radical (unpaired) electrons. The first-order valence-corrected chi connectivity index (χ1v) is 8.28. The van der Waals surface area contributed by atoms with Crippen molar-refractivity contribution in [2.45, 2.75) is 13.3 Å². The van der Waals surface area contributed by atoms with Gasteiger partial charge in [0.2, 0.25) is 5.91 Å². The van der Waals surface area contributed by atoms with E-state index in [9.17, 15) is 9.59 Å². The number of carbonyl (C=O) groups excluding carboxylic acids is 2. The third-order valence-corrected chi connectivity index (χ3v) is 4.42. The number of amides is 1. The van der Waals surface area contributed by atoms with Crippen molar-refractivity contribution in [2.75, 3.05) is 18.6 Å². The second kappa shape index (κ2) is 7.15. The number of hydrogen-bond donors (Lipinski definition) is 0. The number of aryl methyl sites for hydroxylation is 1. The van der Waals surface area contributed by atoms with Crippen LogP contribution in [0.4, 0.5) is 5.69 Å². The van der Waals surface area contributed by atoms with E-state index in [-0.39, 0.29) is 18.9 Å². The van der Waals surface area contributed by atoms with Gasteiger partial charge in [-0.15, -0.1) is 0 Å². The van der Waals surface area contributed by atoms with Crippen LogP contribution in [0.5, 0.6) is 11.5 Å². The molecule has 1 unspecified atom stereocenters. The van der Waals surface area contributed by atoms with Crippen LogP contribution in [0.15, 0.2) is 42.5 Å². The average molecular weight is 360 g/mol. The Morgan fingerprint density at radius 2 is 1.96 bits per heavy atom. The average Bonchev–Trinajstić information content (AvgIpc) is 2.99. The molecular weight excluding hydrogens is 342 g/mol. The summed E-state index contributed by atoms with van der Waals surface area (Å²) in [6, 6.07) is 12.3. The Bertz CT molecular complexity index is 821. The zero-order valence-corrected chi connectivity index (χ0v) is 14.7. The van der Waals surface area contributed by atoms with Gasteiger partial charge in [0.15, 0.2) is 0 Å². The lowest BCUT2D eigenvalue weighted by Crippen LogP contribution is -2.27. The molecule has 1 aliphatic heterocycles. The van der Waals surface area contributed by atoms with Crippen LogP contribution in [0.1, 0.15) is 12.0 Å². The highest BCUT2D eigenvalue weighted by Crippen LogP contribution is 2.33. The van der Waals surface area contributed by atoms with Crippen LogP contribution >= 0.6 is 11.6 Å². The lowest BCUT2D eigenvalue weighted by molar-refractivity contribution is -0.139. The third-order valence-electron chi connectivity index (χ3n) is 4.18. The number of hydrogen-bond acceptors (Lipinski definition) is 4. The molecule has 0 aliphatic carbocycles. The van der Waals surface area contributed by atoms with E-state index in [1.54, 1.807) is 42.3 Å². The summed E-state index contributed by atoms with van der Waals surface area (Å²) in [6.45, 7) is 2.08. The lowest BCUT2D eigenvalue weighted by atomic mass is 10.1. The van der Waals surface area contributed by atoms with Gasteiger partial charge < -0.3 is 14.4 Å². The number of halogens is 1. The largest absolute Gasteiger partial charge is 0.495 e. The van der Waals surface area contributed by atoms with Crippen LogP contribution in [-0.2, 0) is 9.59 Å². The topological polar surface area (TPSA) is 55.8 Å². The molecule has 3 rings (SSSR count). The van der Waals surface area contributed by atoms with Crippen molar-refractivity contribution in [1.82, 2.24) is 0 Å². The zero-order valence-electron chi connectivity index (χ0n) is 14.0. The molecule has 0 saturated carbocycles. The molecule has 5 nitrogen and oxygen atoms in total. The predicted molar refractivity (Wildman–Crippen MR) is 95.3 cm³/mol. The van der Waals surface area contributed by atoms with Crippen LogP contribution in [0.2, 0.25) is 5.02 Å². The van der Waals surface area contributed by atoms with Crippen molar-refractivity contribution in [1.29, 1.82) is 0 Å². The van der Waals surface area contributed by atoms with Crippen molar-refractivity contribution in [2.24, 2.45) is 5.92 Å². The minimum Gasteiger partial charge on any atom is -0.495 e. The van der Waals surface area contributed by atoms with E-state index in [1.165, 1.54) is 0 Å². The van der Waals surface area contributed by atoms with E-state index in [2.05, 4.69) is 0 Å². The maximum atomic E-state index is 12.5. The molecule has 0 aromatic heterocycles. The second-order valence-corrected chi connectivity index (χ2v) is 6.34. The summed E-state index contributed by atoms with van der Waals surface area (Å²) in [4.78, 5) is 26.4. The number of esters is 1. The van der Waals surface area contributed by atoms with Gasteiger partial charge in [0.25, 0.3) is 0 Å². The quantitative estimate of drug-likeness (QED) is 0.618. The van der Waals surface area contributed by atoms with E-state index >= 15 is 0 Å². The molecule has 1 saturated heterocycles. The van der Waals surface area contributed by atoms with Gasteiger partial charge in [-0.2, -0.15) is 0 Å². The Morgan fingerprint density at radius 1 is 1.20 bits per heavy atom. The van der Waals surface area contributed by atoms with Crippen LogP contribution in [-0.4, -0.2) is 25.5 Å². The van der Waals surface area contributed by atoms with Crippen LogP contribution in [0, 0.1) is 12.8 Å². The van der Waals surface area contributed by atoms with E-state index < -0.39 is 11.9 Å². The van der Waals surface area contributed by atoms with E-state index in [0.29, 0.717) is 22.2 Å². The zero-order chi connectivity index (χ0) is 18.0. The number of ether oxygens (including phenoxy) is 2. The molecule has 25 heavy (non-hydrogen) atoms. The number of para-hydroxylation sites is 2. The predicted octanol–water partition coefficient (Wildman–Crippen LogP) is 3.62. The number of anilines is 1. The maximum Gasteiger partial charge on any atom is 0.316 e. The maximum absolute atomic E-state index is 12.5. The summed E-state index contributed by atoms with van der Waals surface area (Å²) < 4.78 is 10.8. The summed E-state index contributed by atoms with van der Waals surface area (Å²) in [5, 5.41) is 0.579. The Labute approximate surface area is 151 Å². The number of methoxy groups -OCH3 is 1. The highest BCUT2D eigenvalue weighted by Gasteiger charge is 2.37. The third kappa shape index (κ3) is 3.61. The van der Waals surface area contributed by atoms with Crippen molar-refractivity contribution >= 4 is 29.2 Å². The second-order valence-electron chi connectivity index (χ2n) is 5.91. The number of carbonyl (C=O) groups is 2. The van der Waals surface area contributed by atoms with Crippen molar-refractivity contribution in [3.05, 3.63) is 53.1 Å². The van der Waals surface area contributed by atoms with Gasteiger partial charge in [-0.05, 0) is 42.8 Å². The molecule has 1 heterocycles. The first-order chi connectivity index (χ1) is 12.0. The molecule has 1 atom stereocenters. The van der Waals surface area contributed by atoms with E-state index in [1.807, 2.05) is 19.1 Å². The fraction of sp³-hybridized carbons (Fsp3) is 0.263. The summed E-state index contributed by atoms with van der Waals surface area (Å²) >= 11 is 5.91. The highest BCUT2D eigenvalue weighted by molar-refractivity contribution is 6.30. The monoisotopic (exact) mass is 359 g/mol. The van der Waals surface area contributed by atoms with Gasteiger partial charge in [0.05, 0.1) is 18.7 Å². The normalized spacial score (nSPS) is 16.8. The summed E-state index contributed by atoms with van der Waals surface area (Å²) in [5.74, 6) is -0.0149. The van der Waals surface area contributed by atoms with Gasteiger partial charge in [-0.3, -0.25) is 9.59 Å². The van der Waals surface area contributed by atoms with Gasteiger partial charge in [-0.25, -0.2) is 0 Å². The minimum absolute atomic E-state index is 0.115. The van der Waals surface area contributed by atoms with Crippen LogP contribution in [0.25, 0.3) is 0 Å². The fourth-order valence-corrected chi connectivity index (χ4v) is 3.10. The lowest BCUT2D eigenvalue weighted by Gasteiger charge is -2.19. The minimum atomic E-state index is -0.521. The van der Waals surface area contributed by atoms with E-state index in [0.717, 1.165) is 5.56 Å². The molecule has 2 aromatic rings. The summed E-state index contributed by atoms with van der Waals surface area (Å²) in [7, 11) is 1.55. The van der Waals surface area contributed by atoms with Crippen LogP contribution in [0.3, 0.4) is 0 Å². The van der Waals surface area contributed by atoms with Gasteiger partial charge >= 0.3 is 5.97 Å². The van der Waals surface area contributed by atoms with Crippen molar-refractivity contribution in [3.8, 4) is 11.5 Å². The number of rotatable bonds is 4. The molecule has 1 fully saturated rings. The molecule has 0 N–H and O–H groups in total. The summed E-state index contributed by atoms with van der Waals surface area (Å²) in [6.07, 6.45) is 0.115. The molecule has 0 spiro atoms. The van der Waals surface area contributed by atoms with E-state index in [4.69, 9.17) is 21.1 Å². The fourth-order valence-electron chi connectivity index (χ4n) is 2.87. The van der Waals surface area contributed by atoms with Gasteiger partial charge in [-0.1, -0.05) is 23.7 Å². The first-order valence-electron chi connectivity index (χ1n) is 7.91. The standard InChI is InChI=1S/C19H18ClNO4/c1-12-9-14(20)7-8-16(12)25-19(23)13-10-18(22)21(11-13)15-5-3-4-6-17(15)24-2/h3-9,13H,10-11H2,1-2H3. The molecule has 2 aromatic carbocycles. The first kappa shape index (κ1) is 17.3. The highest BCUT2D eigenvalue weighted by atomic mass is 35.5. The van der Waals surface area contributed by atoms with Gasteiger partial charge in [0, 0.05) is 18.0 Å². The van der Waals surface area contributed by atoms with Crippen molar-refractivity contribution < 1.29 is 19.1 Å². The van der Waals surface area contributed by atoms with Crippen LogP contribution < -0.4 is 14.4 Å². The van der Waals surface area contributed by atoms with Gasteiger partial charge in [0.1, 0.15) is 11.5 Å². The van der Waals surface area contributed by atoms with Crippen molar-refractivity contribution in [3.63, 3.8) is 0 Å². The summed E-state index contributed by atoms with van der Waals surface area (Å²) in [5.41, 5.74) is 1.43. The molecule has 1 amide bonds. The molecule has 0 bridgehead atoms. The Morgan fingerprint density at radius 3 is 2.68 bits per heavy atom. The Hall–Kier alpha value is -2.53. The SMILES string of the molecule is COc1ccccc1N1CC(C(=O)Oc2ccc(Cl)cc2C)CC1=O. The Balaban J connectivity index is 1.74.